The van der Waals surface area contributed by atoms with Crippen molar-refractivity contribution < 1.29 is 33.5 Å². The fourth-order valence-electron chi connectivity index (χ4n) is 8.20. The van der Waals surface area contributed by atoms with E-state index in [9.17, 15) is 24.5 Å². The fraction of sp³-hybridized carbons (Fsp3) is 0.794. The van der Waals surface area contributed by atoms with Crippen LogP contribution in [0.25, 0.3) is 0 Å². The maximum Gasteiger partial charge on any atom is 0.330 e. The fourth-order valence-corrected chi connectivity index (χ4v) is 8.20. The van der Waals surface area contributed by atoms with Crippen LogP contribution >= 0.6 is 0 Å². The van der Waals surface area contributed by atoms with Crippen LogP contribution < -0.4 is 0 Å². The summed E-state index contributed by atoms with van der Waals surface area (Å²) in [5, 5.41) is 10.8. The third kappa shape index (κ3) is 9.15. The molecule has 0 aromatic carbocycles. The van der Waals surface area contributed by atoms with Crippen LogP contribution in [0, 0.1) is 51.0 Å². The maximum atomic E-state index is 11.6. The summed E-state index contributed by atoms with van der Waals surface area (Å²) in [4.78, 5) is 44.4. The Hall–Kier alpha value is -2.71. The smallest absolute Gasteiger partial charge is 0.330 e. The van der Waals surface area contributed by atoms with E-state index < -0.39 is 5.41 Å². The molecule has 6 aliphatic rings. The Kier molecular flexibility index (Phi) is 11.8. The average molecular weight is 602 g/mol. The molecule has 43 heavy (non-hydrogen) atoms. The van der Waals surface area contributed by atoms with Crippen LogP contribution in [0.5, 0.6) is 0 Å². The highest BCUT2D eigenvalue weighted by molar-refractivity contribution is 5.82. The van der Waals surface area contributed by atoms with Gasteiger partial charge in [0.25, 0.3) is 0 Å². The van der Waals surface area contributed by atoms with Crippen molar-refractivity contribution in [2.45, 2.75) is 104 Å². The summed E-state index contributed by atoms with van der Waals surface area (Å²) in [6.07, 6.45) is 17.6. The number of hydrogen-bond donors (Lipinski definition) is 0. The number of carbonyl (C=O) groups excluding carboxylic acids is 3. The molecular formula is C34H51NO8. The van der Waals surface area contributed by atoms with Crippen LogP contribution in [0.3, 0.4) is 0 Å². The highest BCUT2D eigenvalue weighted by Gasteiger charge is 2.52. The molecule has 0 amide bonds. The van der Waals surface area contributed by atoms with Crippen molar-refractivity contribution in [3.63, 3.8) is 0 Å². The van der Waals surface area contributed by atoms with E-state index in [-0.39, 0.29) is 35.8 Å². The zero-order valence-electron chi connectivity index (χ0n) is 26.4. The maximum absolute atomic E-state index is 11.6. The quantitative estimate of drug-likeness (QED) is 0.0684. The monoisotopic (exact) mass is 601 g/mol. The zero-order chi connectivity index (χ0) is 31.0. The summed E-state index contributed by atoms with van der Waals surface area (Å²) in [6.45, 7) is 6.70. The predicted molar refractivity (Wildman–Crippen MR) is 161 cm³/mol. The van der Waals surface area contributed by atoms with Crippen LogP contribution in [0.4, 0.5) is 0 Å². The van der Waals surface area contributed by atoms with Gasteiger partial charge in [-0.3, -0.25) is 19.7 Å². The molecule has 7 atom stereocenters. The van der Waals surface area contributed by atoms with E-state index in [1.165, 1.54) is 49.7 Å². The van der Waals surface area contributed by atoms with Crippen molar-refractivity contribution in [3.8, 4) is 0 Å². The van der Waals surface area contributed by atoms with Gasteiger partial charge in [-0.25, -0.2) is 4.79 Å². The van der Waals surface area contributed by atoms with E-state index in [0.29, 0.717) is 38.1 Å². The number of nitro groups is 1. The lowest BCUT2D eigenvalue weighted by Crippen LogP contribution is -2.31. The molecule has 0 N–H and O–H groups in total. The van der Waals surface area contributed by atoms with Crippen molar-refractivity contribution in [1.82, 2.24) is 0 Å². The van der Waals surface area contributed by atoms with Crippen LogP contribution in [-0.4, -0.2) is 49.2 Å². The number of carbonyl (C=O) groups is 3. The first kappa shape index (κ1) is 33.2. The summed E-state index contributed by atoms with van der Waals surface area (Å²) in [6, 6.07) is 0. The van der Waals surface area contributed by atoms with E-state index in [1.807, 2.05) is 13.8 Å². The molecule has 0 aliphatic heterocycles. The molecule has 6 aliphatic carbocycles. The molecule has 9 nitrogen and oxygen atoms in total. The molecule has 5 fully saturated rings. The number of esters is 3. The van der Waals surface area contributed by atoms with Crippen molar-refractivity contribution in [3.05, 3.63) is 33.4 Å². The first-order chi connectivity index (χ1) is 20.6. The van der Waals surface area contributed by atoms with Crippen molar-refractivity contribution in [2.75, 3.05) is 26.4 Å². The van der Waals surface area contributed by atoms with Gasteiger partial charge in [0.05, 0.1) is 32.7 Å². The highest BCUT2D eigenvalue weighted by Crippen LogP contribution is 2.57. The Bertz CT molecular complexity index is 1050. The molecular weight excluding hydrogens is 550 g/mol. The minimum Gasteiger partial charge on any atom is -0.466 e. The van der Waals surface area contributed by atoms with Gasteiger partial charge in [0.15, 0.2) is 0 Å². The molecule has 240 valence electrons. The molecule has 6 rings (SSSR count). The van der Waals surface area contributed by atoms with Gasteiger partial charge in [0, 0.05) is 16.4 Å². The number of nitrogens with zero attached hydrogens (tertiary/aromatic N) is 1. The van der Waals surface area contributed by atoms with E-state index in [1.54, 1.807) is 13.0 Å². The molecule has 0 aromatic heterocycles. The normalized spacial score (nSPS) is 33.3. The molecule has 9 heteroatoms. The lowest BCUT2D eigenvalue weighted by atomic mass is 9.76. The second-order valence-corrected chi connectivity index (χ2v) is 13.6. The SMILES string of the molecule is CCOC(=O)C=C1C[C@H]2CC[C@H]2C1.CCOC(=O)CC1(C[N+](=O)[O-])C[C@H]2CC[C@H]2C1.CCOC(=O)CC1=C[C@H]2CC[C@H]2C1. The minimum absolute atomic E-state index is 0.0601. The number of hydrogen-bond acceptors (Lipinski definition) is 8. The van der Waals surface area contributed by atoms with Gasteiger partial charge in [-0.05, 0) is 127 Å². The van der Waals surface area contributed by atoms with Gasteiger partial charge >= 0.3 is 17.9 Å². The molecule has 5 saturated carbocycles. The Morgan fingerprint density at radius 1 is 0.814 bits per heavy atom. The number of fused-ring (bicyclic) bond motifs is 3. The topological polar surface area (TPSA) is 122 Å². The van der Waals surface area contributed by atoms with Crippen LogP contribution in [-0.2, 0) is 28.6 Å². The van der Waals surface area contributed by atoms with Gasteiger partial charge in [0.1, 0.15) is 0 Å². The summed E-state index contributed by atoms with van der Waals surface area (Å²) >= 11 is 0. The van der Waals surface area contributed by atoms with Crippen molar-refractivity contribution in [1.29, 1.82) is 0 Å². The summed E-state index contributed by atoms with van der Waals surface area (Å²) in [7, 11) is 0. The zero-order valence-corrected chi connectivity index (χ0v) is 26.4. The van der Waals surface area contributed by atoms with Gasteiger partial charge in [-0.2, -0.15) is 0 Å². The van der Waals surface area contributed by atoms with E-state index >= 15 is 0 Å². The Morgan fingerprint density at radius 3 is 1.81 bits per heavy atom. The Labute approximate surface area is 256 Å². The molecule has 0 radical (unpaired) electrons. The first-order valence-electron chi connectivity index (χ1n) is 16.6. The Balaban J connectivity index is 0.000000150. The Morgan fingerprint density at radius 2 is 1.37 bits per heavy atom. The van der Waals surface area contributed by atoms with Gasteiger partial charge < -0.3 is 14.2 Å². The molecule has 1 unspecified atom stereocenters. The van der Waals surface area contributed by atoms with E-state index in [2.05, 4.69) is 6.08 Å². The predicted octanol–water partition coefficient (Wildman–Crippen LogP) is 6.61. The molecule has 0 spiro atoms. The number of allylic oxidation sites excluding steroid dienone is 2. The molecule has 0 bridgehead atoms. The first-order valence-corrected chi connectivity index (χ1v) is 16.6. The summed E-state index contributed by atoms with van der Waals surface area (Å²) in [5.41, 5.74) is 2.19. The van der Waals surface area contributed by atoms with Crippen molar-refractivity contribution in [2.24, 2.45) is 40.9 Å². The van der Waals surface area contributed by atoms with E-state index in [4.69, 9.17) is 14.2 Å². The molecule has 0 aromatic rings. The highest BCUT2D eigenvalue weighted by atomic mass is 16.6. The second kappa shape index (κ2) is 15.3. The van der Waals surface area contributed by atoms with Gasteiger partial charge in [0.2, 0.25) is 6.54 Å². The van der Waals surface area contributed by atoms with Gasteiger partial charge in [-0.15, -0.1) is 0 Å². The molecule has 0 saturated heterocycles. The molecule has 0 heterocycles. The minimum atomic E-state index is -0.429. The lowest BCUT2D eigenvalue weighted by Gasteiger charge is -2.29. The van der Waals surface area contributed by atoms with E-state index in [0.717, 1.165) is 55.8 Å². The third-order valence-corrected chi connectivity index (χ3v) is 10.6. The third-order valence-electron chi connectivity index (χ3n) is 10.6. The average Bonchev–Trinajstić information content (AvgIpc) is 3.44. The van der Waals surface area contributed by atoms with Crippen LogP contribution in [0.1, 0.15) is 104 Å². The lowest BCUT2D eigenvalue weighted by molar-refractivity contribution is -0.497. The van der Waals surface area contributed by atoms with Crippen LogP contribution in [0.2, 0.25) is 0 Å². The number of ether oxygens (including phenoxy) is 3. The summed E-state index contributed by atoms with van der Waals surface area (Å²) < 4.78 is 14.7. The summed E-state index contributed by atoms with van der Waals surface area (Å²) in [5.74, 6) is 4.17. The van der Waals surface area contributed by atoms with Gasteiger partial charge in [-0.1, -0.05) is 17.2 Å². The van der Waals surface area contributed by atoms with Crippen molar-refractivity contribution >= 4 is 17.9 Å². The van der Waals surface area contributed by atoms with Crippen LogP contribution in [0.15, 0.2) is 23.3 Å². The standard InChI is InChI=1S/C12H19NO4.2C11H16O2/c1-2-17-11(14)7-12(8-13(15)16)5-9-3-4-10(9)6-12;2*1-2-13-11(12)7-8-5-9-3-4-10(9)6-8/h9-10H,2-8H2,1H3;7,9-10H,2-6H2,1H3;5,9-10H,2-4,6-7H2,1H3/t9-,10+,12?;2*9-,10+/m..1/s1. The largest absolute Gasteiger partial charge is 0.466 e. The number of rotatable bonds is 10. The second-order valence-electron chi connectivity index (χ2n) is 13.6.